The maximum absolute atomic E-state index is 14.4. The van der Waals surface area contributed by atoms with Crippen molar-refractivity contribution in [1.82, 2.24) is 9.97 Å². The molecule has 1 aromatic carbocycles. The van der Waals surface area contributed by atoms with Crippen molar-refractivity contribution in [3.05, 3.63) is 50.1 Å². The molecule has 0 spiro atoms. The monoisotopic (exact) mass is 395 g/mol. The van der Waals surface area contributed by atoms with Gasteiger partial charge in [0.2, 0.25) is 5.91 Å². The Morgan fingerprint density at radius 3 is 2.92 bits per heavy atom. The van der Waals surface area contributed by atoms with Crippen LogP contribution < -0.4 is 10.5 Å². The fourth-order valence-electron chi connectivity index (χ4n) is 3.24. The summed E-state index contributed by atoms with van der Waals surface area (Å²) >= 11 is 7.27. The van der Waals surface area contributed by atoms with Crippen LogP contribution in [0.15, 0.2) is 22.1 Å². The van der Waals surface area contributed by atoms with Gasteiger partial charge in [-0.05, 0) is 50.1 Å². The van der Waals surface area contributed by atoms with Crippen LogP contribution >= 0.6 is 23.4 Å². The number of benzene rings is 1. The van der Waals surface area contributed by atoms with Gasteiger partial charge in [-0.25, -0.2) is 9.37 Å². The number of aromatic nitrogens is 2. The first-order valence-electron chi connectivity index (χ1n) is 8.32. The van der Waals surface area contributed by atoms with Crippen LogP contribution in [0.3, 0.4) is 0 Å². The van der Waals surface area contributed by atoms with Crippen molar-refractivity contribution < 1.29 is 9.18 Å². The molecular formula is C18H19ClFN3O2S. The van der Waals surface area contributed by atoms with Gasteiger partial charge in [-0.2, -0.15) is 0 Å². The van der Waals surface area contributed by atoms with Crippen LogP contribution in [0.25, 0.3) is 0 Å². The molecule has 0 fully saturated rings. The Kier molecular flexibility index (Phi) is 5.67. The number of aryl methyl sites for hydroxylation is 2. The predicted molar refractivity (Wildman–Crippen MR) is 102 cm³/mol. The molecule has 26 heavy (non-hydrogen) atoms. The minimum atomic E-state index is -0.486. The number of H-pyrrole nitrogens is 1. The SMILES string of the molecule is CSc1nc(C)c(CCC(=O)N2CCCc3cc(Cl)cc(F)c32)c(=O)[nH]1. The second-order valence-corrected chi connectivity index (χ2v) is 7.41. The maximum atomic E-state index is 14.4. The van der Waals surface area contributed by atoms with Gasteiger partial charge in [-0.1, -0.05) is 23.4 Å². The van der Waals surface area contributed by atoms with Gasteiger partial charge in [0.1, 0.15) is 5.82 Å². The molecule has 138 valence electrons. The molecule has 1 aromatic heterocycles. The molecule has 1 N–H and O–H groups in total. The highest BCUT2D eigenvalue weighted by atomic mass is 35.5. The van der Waals surface area contributed by atoms with Crippen molar-refractivity contribution in [3.8, 4) is 0 Å². The summed E-state index contributed by atoms with van der Waals surface area (Å²) in [5.41, 5.74) is 1.93. The number of halogens is 2. The molecule has 0 bridgehead atoms. The molecule has 5 nitrogen and oxygen atoms in total. The van der Waals surface area contributed by atoms with E-state index in [0.29, 0.717) is 40.1 Å². The zero-order valence-electron chi connectivity index (χ0n) is 14.6. The van der Waals surface area contributed by atoms with Gasteiger partial charge < -0.3 is 9.88 Å². The smallest absolute Gasteiger partial charge is 0.254 e. The van der Waals surface area contributed by atoms with Crippen LogP contribution in [-0.2, 0) is 17.6 Å². The van der Waals surface area contributed by atoms with Crippen LogP contribution in [-0.4, -0.2) is 28.7 Å². The standard InChI is InChI=1S/C18H19ClFN3O2S/c1-10-13(17(25)22-18(21-10)26-2)5-6-15(24)23-7-3-4-11-8-12(19)9-14(20)16(11)23/h8-9H,3-7H2,1-2H3,(H,21,22,25). The Morgan fingerprint density at radius 1 is 1.46 bits per heavy atom. The quantitative estimate of drug-likeness (QED) is 0.635. The van der Waals surface area contributed by atoms with Gasteiger partial charge in [0, 0.05) is 29.2 Å². The number of hydrogen-bond donors (Lipinski definition) is 1. The highest BCUT2D eigenvalue weighted by molar-refractivity contribution is 7.98. The summed E-state index contributed by atoms with van der Waals surface area (Å²) < 4.78 is 14.4. The molecule has 8 heteroatoms. The summed E-state index contributed by atoms with van der Waals surface area (Å²) in [6.45, 7) is 2.22. The molecule has 3 rings (SSSR count). The number of fused-ring (bicyclic) bond motifs is 1. The highest BCUT2D eigenvalue weighted by Crippen LogP contribution is 2.33. The molecule has 0 saturated heterocycles. The molecule has 0 aliphatic carbocycles. The van der Waals surface area contributed by atoms with Crippen LogP contribution in [0.4, 0.5) is 10.1 Å². The Balaban J connectivity index is 1.80. The lowest BCUT2D eigenvalue weighted by molar-refractivity contribution is -0.118. The van der Waals surface area contributed by atoms with Gasteiger partial charge >= 0.3 is 0 Å². The number of rotatable bonds is 4. The maximum Gasteiger partial charge on any atom is 0.254 e. The van der Waals surface area contributed by atoms with Crippen LogP contribution in [0, 0.1) is 12.7 Å². The number of nitrogens with one attached hydrogen (secondary N) is 1. The summed E-state index contributed by atoms with van der Waals surface area (Å²) in [5, 5.41) is 0.879. The minimum Gasteiger partial charge on any atom is -0.309 e. The Labute approximate surface area is 160 Å². The van der Waals surface area contributed by atoms with Gasteiger partial charge in [0.15, 0.2) is 5.16 Å². The van der Waals surface area contributed by atoms with E-state index in [1.165, 1.54) is 22.7 Å². The molecule has 1 aliphatic heterocycles. The Bertz CT molecular complexity index is 916. The van der Waals surface area contributed by atoms with Crippen molar-refractivity contribution in [1.29, 1.82) is 0 Å². The summed E-state index contributed by atoms with van der Waals surface area (Å²) in [5.74, 6) is -0.694. The number of carbonyl (C=O) groups is 1. The normalized spacial score (nSPS) is 13.6. The second kappa shape index (κ2) is 7.80. The third-order valence-corrected chi connectivity index (χ3v) is 5.29. The Hall–Kier alpha value is -1.86. The van der Waals surface area contributed by atoms with Gasteiger partial charge in [-0.3, -0.25) is 9.59 Å². The van der Waals surface area contributed by atoms with E-state index in [9.17, 15) is 14.0 Å². The van der Waals surface area contributed by atoms with E-state index in [1.54, 1.807) is 13.0 Å². The van der Waals surface area contributed by atoms with Gasteiger partial charge in [0.05, 0.1) is 5.69 Å². The summed E-state index contributed by atoms with van der Waals surface area (Å²) in [6.07, 6.45) is 3.65. The van der Waals surface area contributed by atoms with Crippen LogP contribution in [0.1, 0.15) is 29.7 Å². The van der Waals surface area contributed by atoms with Crippen molar-refractivity contribution >= 4 is 35.0 Å². The second-order valence-electron chi connectivity index (χ2n) is 6.18. The summed E-state index contributed by atoms with van der Waals surface area (Å²) in [7, 11) is 0. The van der Waals surface area contributed by atoms with E-state index >= 15 is 0 Å². The molecule has 0 atom stereocenters. The molecule has 0 radical (unpaired) electrons. The number of anilines is 1. The molecule has 2 heterocycles. The molecule has 0 unspecified atom stereocenters. The summed E-state index contributed by atoms with van der Waals surface area (Å²) in [4.78, 5) is 33.4. The molecule has 0 saturated carbocycles. The average Bonchev–Trinajstić information content (AvgIpc) is 2.59. The number of carbonyl (C=O) groups excluding carboxylic acids is 1. The zero-order valence-corrected chi connectivity index (χ0v) is 16.1. The van der Waals surface area contributed by atoms with E-state index in [2.05, 4.69) is 9.97 Å². The van der Waals surface area contributed by atoms with Gasteiger partial charge in [-0.15, -0.1) is 0 Å². The zero-order chi connectivity index (χ0) is 18.8. The largest absolute Gasteiger partial charge is 0.309 e. The molecule has 1 amide bonds. The minimum absolute atomic E-state index is 0.117. The number of aromatic amines is 1. The average molecular weight is 396 g/mol. The number of nitrogens with zero attached hydrogens (tertiary/aromatic N) is 2. The predicted octanol–water partition coefficient (Wildman–Crippen LogP) is 3.50. The fraction of sp³-hybridized carbons (Fsp3) is 0.389. The van der Waals surface area contributed by atoms with E-state index < -0.39 is 5.82 Å². The molecule has 1 aliphatic rings. The lowest BCUT2D eigenvalue weighted by Crippen LogP contribution is -2.36. The Morgan fingerprint density at radius 2 is 2.23 bits per heavy atom. The van der Waals surface area contributed by atoms with Gasteiger partial charge in [0.25, 0.3) is 5.56 Å². The molecule has 2 aromatic rings. The van der Waals surface area contributed by atoms with Crippen LogP contribution in [0.5, 0.6) is 0 Å². The lowest BCUT2D eigenvalue weighted by atomic mass is 10.00. The van der Waals surface area contributed by atoms with E-state index in [-0.39, 0.29) is 24.3 Å². The van der Waals surface area contributed by atoms with E-state index in [1.807, 2.05) is 6.26 Å². The van der Waals surface area contributed by atoms with Crippen molar-refractivity contribution in [3.63, 3.8) is 0 Å². The fourth-order valence-corrected chi connectivity index (χ4v) is 3.89. The third-order valence-electron chi connectivity index (χ3n) is 4.49. The first-order chi connectivity index (χ1) is 12.4. The van der Waals surface area contributed by atoms with Crippen molar-refractivity contribution in [2.75, 3.05) is 17.7 Å². The van der Waals surface area contributed by atoms with Crippen LogP contribution in [0.2, 0.25) is 5.02 Å². The highest BCUT2D eigenvalue weighted by Gasteiger charge is 2.26. The third kappa shape index (κ3) is 3.78. The number of amides is 1. The number of hydrogen-bond acceptors (Lipinski definition) is 4. The number of thioether (sulfide) groups is 1. The lowest BCUT2D eigenvalue weighted by Gasteiger charge is -2.30. The molecular weight excluding hydrogens is 377 g/mol. The first kappa shape index (κ1) is 18.9. The van der Waals surface area contributed by atoms with Crippen molar-refractivity contribution in [2.45, 2.75) is 37.8 Å². The van der Waals surface area contributed by atoms with E-state index in [4.69, 9.17) is 11.6 Å². The first-order valence-corrected chi connectivity index (χ1v) is 9.93. The van der Waals surface area contributed by atoms with E-state index in [0.717, 1.165) is 12.0 Å². The summed E-state index contributed by atoms with van der Waals surface area (Å²) in [6, 6.07) is 2.94. The van der Waals surface area contributed by atoms with Crippen molar-refractivity contribution in [2.24, 2.45) is 0 Å². The topological polar surface area (TPSA) is 66.1 Å².